The SMILES string of the molecule is O=C1NC(=O)c2cc(NC(=O)c3cc(Cl)c(C(F)(F)F)cc3C3CCOc4cc(F)ccc43)ccc21. The van der Waals surface area contributed by atoms with E-state index in [2.05, 4.69) is 10.6 Å². The van der Waals surface area contributed by atoms with Crippen LogP contribution in [0.1, 0.15) is 60.1 Å². The van der Waals surface area contributed by atoms with Crippen LogP contribution >= 0.6 is 11.6 Å². The first-order valence-corrected chi connectivity index (χ1v) is 11.0. The number of alkyl halides is 3. The van der Waals surface area contributed by atoms with Gasteiger partial charge in [0.1, 0.15) is 11.6 Å². The van der Waals surface area contributed by atoms with E-state index in [-0.39, 0.29) is 46.7 Å². The number of carbonyl (C=O) groups is 3. The van der Waals surface area contributed by atoms with E-state index in [1.54, 1.807) is 0 Å². The first kappa shape index (κ1) is 23.8. The first-order valence-electron chi connectivity index (χ1n) is 10.7. The van der Waals surface area contributed by atoms with E-state index >= 15 is 0 Å². The fourth-order valence-corrected chi connectivity index (χ4v) is 4.69. The van der Waals surface area contributed by atoms with E-state index in [0.717, 1.165) is 24.3 Å². The second-order valence-corrected chi connectivity index (χ2v) is 8.69. The molecule has 5 rings (SSSR count). The minimum absolute atomic E-state index is 0.0365. The van der Waals surface area contributed by atoms with Crippen molar-refractivity contribution >= 4 is 35.0 Å². The number of anilines is 1. The molecule has 6 nitrogen and oxygen atoms in total. The lowest BCUT2D eigenvalue weighted by Crippen LogP contribution is -2.22. The summed E-state index contributed by atoms with van der Waals surface area (Å²) in [6, 6.07) is 9.53. The molecule has 1 unspecified atom stereocenters. The number of hydrogen-bond acceptors (Lipinski definition) is 4. The number of rotatable bonds is 3. The summed E-state index contributed by atoms with van der Waals surface area (Å²) in [5.74, 6) is -3.08. The van der Waals surface area contributed by atoms with Gasteiger partial charge in [0, 0.05) is 28.8 Å². The molecule has 3 aromatic carbocycles. The normalized spacial score (nSPS) is 16.6. The highest BCUT2D eigenvalue weighted by Crippen LogP contribution is 2.44. The molecule has 2 aliphatic rings. The van der Waals surface area contributed by atoms with Gasteiger partial charge in [-0.1, -0.05) is 17.7 Å². The summed E-state index contributed by atoms with van der Waals surface area (Å²) < 4.78 is 60.3. The van der Waals surface area contributed by atoms with Crippen LogP contribution in [-0.2, 0) is 6.18 Å². The highest BCUT2D eigenvalue weighted by molar-refractivity contribution is 6.32. The van der Waals surface area contributed by atoms with Crippen molar-refractivity contribution in [1.82, 2.24) is 5.32 Å². The molecule has 1 atom stereocenters. The predicted octanol–water partition coefficient (Wildman–Crippen LogP) is 5.55. The lowest BCUT2D eigenvalue weighted by atomic mass is 9.83. The minimum atomic E-state index is -4.78. The number of hydrogen-bond donors (Lipinski definition) is 2. The number of carbonyl (C=O) groups excluding carboxylic acids is 3. The predicted molar refractivity (Wildman–Crippen MR) is 121 cm³/mol. The Bertz CT molecular complexity index is 1450. The molecule has 11 heteroatoms. The Morgan fingerprint density at radius 2 is 1.75 bits per heavy atom. The molecule has 184 valence electrons. The molecular formula is C25H15ClF4N2O4. The van der Waals surface area contributed by atoms with Crippen molar-refractivity contribution in [3.05, 3.63) is 92.8 Å². The number of benzene rings is 3. The lowest BCUT2D eigenvalue weighted by molar-refractivity contribution is -0.137. The Morgan fingerprint density at radius 1 is 1.00 bits per heavy atom. The van der Waals surface area contributed by atoms with Crippen molar-refractivity contribution < 1.29 is 36.7 Å². The van der Waals surface area contributed by atoms with E-state index in [9.17, 15) is 31.9 Å². The second-order valence-electron chi connectivity index (χ2n) is 8.29. The summed E-state index contributed by atoms with van der Waals surface area (Å²) in [4.78, 5) is 37.0. The van der Waals surface area contributed by atoms with Gasteiger partial charge in [0.05, 0.1) is 28.3 Å². The van der Waals surface area contributed by atoms with Gasteiger partial charge in [-0.05, 0) is 48.4 Å². The molecule has 2 N–H and O–H groups in total. The van der Waals surface area contributed by atoms with Gasteiger partial charge in [0.15, 0.2) is 0 Å². The van der Waals surface area contributed by atoms with Crippen molar-refractivity contribution in [2.45, 2.75) is 18.5 Å². The molecule has 0 saturated carbocycles. The smallest absolute Gasteiger partial charge is 0.417 e. The molecule has 0 fully saturated rings. The Balaban J connectivity index is 1.59. The molecule has 2 aliphatic heterocycles. The van der Waals surface area contributed by atoms with Crippen molar-refractivity contribution in [1.29, 1.82) is 0 Å². The van der Waals surface area contributed by atoms with Gasteiger partial charge in [-0.15, -0.1) is 0 Å². The van der Waals surface area contributed by atoms with Crippen LogP contribution in [0, 0.1) is 5.82 Å². The lowest BCUT2D eigenvalue weighted by Gasteiger charge is -2.28. The van der Waals surface area contributed by atoms with Gasteiger partial charge < -0.3 is 10.1 Å². The molecule has 3 aromatic rings. The zero-order valence-electron chi connectivity index (χ0n) is 18.1. The summed E-state index contributed by atoms with van der Waals surface area (Å²) in [6.45, 7) is 0.0973. The average Bonchev–Trinajstić information content (AvgIpc) is 3.10. The molecule has 3 amide bonds. The van der Waals surface area contributed by atoms with Gasteiger partial charge in [0.25, 0.3) is 17.7 Å². The molecule has 0 radical (unpaired) electrons. The fourth-order valence-electron chi connectivity index (χ4n) is 4.42. The number of amides is 3. The fraction of sp³-hybridized carbons (Fsp3) is 0.160. The van der Waals surface area contributed by atoms with Crippen LogP contribution in [0.15, 0.2) is 48.5 Å². The molecule has 36 heavy (non-hydrogen) atoms. The molecule has 0 aromatic heterocycles. The summed E-state index contributed by atoms with van der Waals surface area (Å²) in [5, 5.41) is 4.03. The topological polar surface area (TPSA) is 84.5 Å². The highest BCUT2D eigenvalue weighted by atomic mass is 35.5. The molecule has 0 saturated heterocycles. The Hall–Kier alpha value is -3.92. The van der Waals surface area contributed by atoms with Gasteiger partial charge >= 0.3 is 6.18 Å². The van der Waals surface area contributed by atoms with Crippen molar-refractivity contribution in [2.75, 3.05) is 11.9 Å². The maximum atomic E-state index is 13.7. The van der Waals surface area contributed by atoms with E-state index in [1.165, 1.54) is 24.3 Å². The Morgan fingerprint density at radius 3 is 2.50 bits per heavy atom. The summed E-state index contributed by atoms with van der Waals surface area (Å²) in [7, 11) is 0. The van der Waals surface area contributed by atoms with Gasteiger partial charge in [-0.2, -0.15) is 13.2 Å². The van der Waals surface area contributed by atoms with E-state index in [4.69, 9.17) is 16.3 Å². The van der Waals surface area contributed by atoms with Crippen molar-refractivity contribution in [3.63, 3.8) is 0 Å². The third kappa shape index (κ3) is 4.17. The maximum Gasteiger partial charge on any atom is 0.417 e. The minimum Gasteiger partial charge on any atom is -0.493 e. The van der Waals surface area contributed by atoms with Gasteiger partial charge in [-0.25, -0.2) is 4.39 Å². The molecule has 0 spiro atoms. The van der Waals surface area contributed by atoms with E-state index in [1.807, 2.05) is 0 Å². The average molecular weight is 519 g/mol. The number of fused-ring (bicyclic) bond motifs is 2. The van der Waals surface area contributed by atoms with Gasteiger partial charge in [0.2, 0.25) is 0 Å². The molecular weight excluding hydrogens is 504 g/mol. The van der Waals surface area contributed by atoms with Crippen LogP contribution in [0.5, 0.6) is 5.75 Å². The first-order chi connectivity index (χ1) is 17.0. The maximum absolute atomic E-state index is 13.7. The quantitative estimate of drug-likeness (QED) is 0.352. The summed E-state index contributed by atoms with van der Waals surface area (Å²) >= 11 is 5.94. The number of ether oxygens (including phenoxy) is 1. The van der Waals surface area contributed by atoms with Crippen LogP contribution < -0.4 is 15.4 Å². The Labute approximate surface area is 206 Å². The van der Waals surface area contributed by atoms with Crippen molar-refractivity contribution in [2.24, 2.45) is 0 Å². The van der Waals surface area contributed by atoms with E-state index in [0.29, 0.717) is 5.56 Å². The van der Waals surface area contributed by atoms with Crippen molar-refractivity contribution in [3.8, 4) is 5.75 Å². The number of halogens is 5. The summed E-state index contributed by atoms with van der Waals surface area (Å²) in [5.41, 5.74) is -0.421. The summed E-state index contributed by atoms with van der Waals surface area (Å²) in [6.07, 6.45) is -4.55. The molecule has 2 heterocycles. The van der Waals surface area contributed by atoms with E-state index < -0.39 is 46.2 Å². The molecule has 0 bridgehead atoms. The standard InChI is InChI=1S/C25H15ClF4N2O4/c26-20-10-18(23(34)31-12-2-4-15-17(8-12)24(35)32-22(15)33)16(9-19(20)25(28,29)30)13-5-6-36-21-7-11(27)1-3-14(13)21/h1-4,7-10,13H,5-6H2,(H,31,34)(H,32,33,35). The Kier molecular flexibility index (Phi) is 5.71. The zero-order chi connectivity index (χ0) is 25.8. The number of nitrogens with one attached hydrogen (secondary N) is 2. The monoisotopic (exact) mass is 518 g/mol. The number of imide groups is 1. The highest BCUT2D eigenvalue weighted by Gasteiger charge is 2.37. The van der Waals surface area contributed by atoms with Crippen LogP contribution in [0.4, 0.5) is 23.2 Å². The third-order valence-electron chi connectivity index (χ3n) is 6.07. The second kappa shape index (κ2) is 8.63. The van der Waals surface area contributed by atoms with Crippen LogP contribution in [-0.4, -0.2) is 24.3 Å². The van der Waals surface area contributed by atoms with Crippen LogP contribution in [0.25, 0.3) is 0 Å². The zero-order valence-corrected chi connectivity index (χ0v) is 18.9. The van der Waals surface area contributed by atoms with Crippen LogP contribution in [0.3, 0.4) is 0 Å². The van der Waals surface area contributed by atoms with Crippen LogP contribution in [0.2, 0.25) is 5.02 Å². The molecule has 0 aliphatic carbocycles. The van der Waals surface area contributed by atoms with Gasteiger partial charge in [-0.3, -0.25) is 19.7 Å². The third-order valence-corrected chi connectivity index (χ3v) is 6.39. The largest absolute Gasteiger partial charge is 0.493 e.